The van der Waals surface area contributed by atoms with Gasteiger partial charge in [0, 0.05) is 107 Å². The van der Waals surface area contributed by atoms with Gasteiger partial charge in [-0.05, 0) is 133 Å². The van der Waals surface area contributed by atoms with Gasteiger partial charge in [-0.25, -0.2) is 14.3 Å². The smallest absolute Gasteiger partial charge is 0.411 e. The van der Waals surface area contributed by atoms with Gasteiger partial charge in [-0.15, -0.1) is 0 Å². The number of hydrogen-bond donors (Lipinski definition) is 2. The van der Waals surface area contributed by atoms with Crippen molar-refractivity contribution in [1.82, 2.24) is 49.8 Å². The van der Waals surface area contributed by atoms with E-state index in [1.54, 1.807) is 92.0 Å². The number of fused-ring (bicyclic) bond motifs is 1. The van der Waals surface area contributed by atoms with E-state index in [2.05, 4.69) is 25.3 Å². The number of hydrogen-bond acceptors (Lipinski definition) is 13. The Morgan fingerprint density at radius 1 is 0.776 bits per heavy atom. The standard InChI is InChI=1S/C64H81FN10O10/c1-7-84-56-37-50(83-6)19-18-49(56)40-75(63(82)85-64(3,4)5)42-58(77)74-23-11-14-48(39-74)46-12-10-13-47(36-46)59(78)66-43(2)61(80)72-28-26-70(27-29-72)38-44-21-24-69(25-22-44)41-57(76)71-30-32-73(33-31-71)62(81)53-34-45(17-20-54(53)65)35-55-51-15-8-9-16-52(51)60(79)68-67-55/h8-10,12-13,15-20,34,36-37,43-44,48H,7,11,14,21-33,35,38-42H2,1-6H3,(H,66,78)(H,68,79)/t43-,48?/m0/s1. The number of ether oxygens (including phenoxy) is 3. The van der Waals surface area contributed by atoms with Crippen molar-refractivity contribution >= 4 is 46.4 Å². The molecule has 4 aliphatic heterocycles. The topological polar surface area (TPSA) is 211 Å². The van der Waals surface area contributed by atoms with Crippen LogP contribution in [0.3, 0.4) is 0 Å². The van der Waals surface area contributed by atoms with Crippen LogP contribution in [0.25, 0.3) is 10.8 Å². The molecular formula is C64H81FN10O10. The molecular weight excluding hydrogens is 1090 g/mol. The molecule has 4 aliphatic rings. The molecule has 4 fully saturated rings. The lowest BCUT2D eigenvalue weighted by Crippen LogP contribution is -2.55. The lowest BCUT2D eigenvalue weighted by molar-refractivity contribution is -0.135. The summed E-state index contributed by atoms with van der Waals surface area (Å²) >= 11 is 0. The highest BCUT2D eigenvalue weighted by atomic mass is 19.1. The quantitative estimate of drug-likeness (QED) is 0.101. The fourth-order valence-corrected chi connectivity index (χ4v) is 11.9. The number of halogens is 1. The Balaban J connectivity index is 0.682. The Morgan fingerprint density at radius 3 is 2.21 bits per heavy atom. The molecule has 6 amide bonds. The average Bonchev–Trinajstić information content (AvgIpc) is 3.30. The van der Waals surface area contributed by atoms with E-state index >= 15 is 4.39 Å². The van der Waals surface area contributed by atoms with Crippen molar-refractivity contribution in [3.05, 3.63) is 135 Å². The highest BCUT2D eigenvalue weighted by Gasteiger charge is 2.34. The van der Waals surface area contributed by atoms with E-state index in [0.29, 0.717) is 123 Å². The van der Waals surface area contributed by atoms with Crippen LogP contribution in [0.5, 0.6) is 11.5 Å². The van der Waals surface area contributed by atoms with Crippen LogP contribution in [0.2, 0.25) is 0 Å². The number of aromatic amines is 1. The van der Waals surface area contributed by atoms with Gasteiger partial charge in [0.25, 0.3) is 17.4 Å². The maximum atomic E-state index is 15.1. The zero-order chi connectivity index (χ0) is 60.4. The number of likely N-dealkylation sites (tertiary alicyclic amines) is 2. The van der Waals surface area contributed by atoms with Gasteiger partial charge in [-0.1, -0.05) is 36.4 Å². The molecule has 0 spiro atoms. The monoisotopic (exact) mass is 1170 g/mol. The molecule has 1 aromatic heterocycles. The number of aromatic nitrogens is 2. The molecule has 0 bridgehead atoms. The minimum atomic E-state index is -0.782. The van der Waals surface area contributed by atoms with Gasteiger partial charge in [-0.2, -0.15) is 5.10 Å². The van der Waals surface area contributed by atoms with Gasteiger partial charge >= 0.3 is 6.09 Å². The number of carbonyl (C=O) groups excluding carboxylic acids is 6. The maximum Gasteiger partial charge on any atom is 0.411 e. The van der Waals surface area contributed by atoms with Gasteiger partial charge in [0.2, 0.25) is 17.7 Å². The van der Waals surface area contributed by atoms with Crippen LogP contribution in [0, 0.1) is 11.7 Å². The highest BCUT2D eigenvalue weighted by molar-refractivity contribution is 5.98. The third kappa shape index (κ3) is 15.9. The second kappa shape index (κ2) is 27.9. The van der Waals surface area contributed by atoms with Gasteiger partial charge in [0.1, 0.15) is 35.5 Å². The number of H-pyrrole nitrogens is 1. The van der Waals surface area contributed by atoms with E-state index < -0.39 is 29.5 Å². The Hall–Kier alpha value is -7.91. The molecule has 5 heterocycles. The molecule has 2 atom stereocenters. The van der Waals surface area contributed by atoms with Gasteiger partial charge < -0.3 is 39.1 Å². The first kappa shape index (κ1) is 61.6. The van der Waals surface area contributed by atoms with E-state index in [9.17, 15) is 33.6 Å². The van der Waals surface area contributed by atoms with Crippen LogP contribution in [-0.4, -0.2) is 204 Å². The molecule has 0 aliphatic carbocycles. The van der Waals surface area contributed by atoms with E-state index in [0.717, 1.165) is 64.0 Å². The van der Waals surface area contributed by atoms with E-state index in [1.807, 2.05) is 48.2 Å². The van der Waals surface area contributed by atoms with E-state index in [1.165, 1.54) is 11.0 Å². The first-order valence-electron chi connectivity index (χ1n) is 29.8. The first-order chi connectivity index (χ1) is 40.8. The lowest BCUT2D eigenvalue weighted by atomic mass is 9.89. The third-order valence-corrected chi connectivity index (χ3v) is 16.6. The molecule has 0 saturated carbocycles. The molecule has 85 heavy (non-hydrogen) atoms. The van der Waals surface area contributed by atoms with Gasteiger partial charge in [-0.3, -0.25) is 43.5 Å². The van der Waals surface area contributed by atoms with Crippen LogP contribution in [-0.2, 0) is 32.1 Å². The van der Waals surface area contributed by atoms with Crippen LogP contribution in [0.4, 0.5) is 9.18 Å². The Labute approximate surface area is 496 Å². The summed E-state index contributed by atoms with van der Waals surface area (Å²) in [6.45, 7) is 16.9. The third-order valence-electron chi connectivity index (χ3n) is 16.6. The van der Waals surface area contributed by atoms with Gasteiger partial charge in [0.15, 0.2) is 0 Å². The fourth-order valence-electron chi connectivity index (χ4n) is 11.9. The van der Waals surface area contributed by atoms with Crippen molar-refractivity contribution in [1.29, 1.82) is 0 Å². The second-order valence-corrected chi connectivity index (χ2v) is 23.8. The summed E-state index contributed by atoms with van der Waals surface area (Å²) < 4.78 is 32.2. The number of methoxy groups -OCH3 is 1. The lowest BCUT2D eigenvalue weighted by Gasteiger charge is -2.40. The number of piperidine rings is 2. The van der Waals surface area contributed by atoms with E-state index in [4.69, 9.17) is 14.2 Å². The van der Waals surface area contributed by atoms with Crippen molar-refractivity contribution in [3.8, 4) is 11.5 Å². The Morgan fingerprint density at radius 2 is 1.49 bits per heavy atom. The molecule has 20 nitrogen and oxygen atoms in total. The molecule has 1 unspecified atom stereocenters. The van der Waals surface area contributed by atoms with Crippen LogP contribution in [0.15, 0.2) is 89.7 Å². The van der Waals surface area contributed by atoms with Crippen LogP contribution in [0.1, 0.15) is 109 Å². The summed E-state index contributed by atoms with van der Waals surface area (Å²) in [6, 6.07) is 23.6. The van der Waals surface area contributed by atoms with E-state index in [-0.39, 0.29) is 53.8 Å². The molecule has 4 saturated heterocycles. The summed E-state index contributed by atoms with van der Waals surface area (Å²) in [4.78, 5) is 107. The first-order valence-corrected chi connectivity index (χ1v) is 29.8. The fraction of sp³-hybridized carbons (Fsp3) is 0.500. The number of nitrogens with zero attached hydrogens (tertiary/aromatic N) is 8. The summed E-state index contributed by atoms with van der Waals surface area (Å²) in [6.07, 6.45) is 3.14. The number of carbonyl (C=O) groups is 6. The minimum absolute atomic E-state index is 0.0162. The normalized spacial score (nSPS) is 17.8. The molecule has 2 N–H and O–H groups in total. The molecule has 4 aromatic carbocycles. The van der Waals surface area contributed by atoms with Crippen LogP contribution >= 0.6 is 0 Å². The van der Waals surface area contributed by atoms with Crippen molar-refractivity contribution in [2.24, 2.45) is 5.92 Å². The Kier molecular flexibility index (Phi) is 20.2. The van der Waals surface area contributed by atoms with Crippen molar-refractivity contribution < 1.29 is 47.4 Å². The number of nitrogens with one attached hydrogen (secondary N) is 2. The number of benzene rings is 4. The van der Waals surface area contributed by atoms with Crippen LogP contribution < -0.4 is 20.3 Å². The maximum absolute atomic E-state index is 15.1. The van der Waals surface area contributed by atoms with Crippen molar-refractivity contribution in [3.63, 3.8) is 0 Å². The predicted molar refractivity (Wildman–Crippen MR) is 319 cm³/mol. The second-order valence-electron chi connectivity index (χ2n) is 23.8. The SMILES string of the molecule is CCOc1cc(OC)ccc1CN(CC(=O)N1CCCC(c2cccc(C(=O)N[C@@H](C)C(=O)N3CCN(CC4CCN(CC(=O)N5CCN(C(=O)c6cc(Cc7n[nH]c(=O)c8ccccc78)ccc6F)CC5)CC4)CC3)c2)C1)C(=O)OC(C)(C)C. The highest BCUT2D eigenvalue weighted by Crippen LogP contribution is 2.31. The van der Waals surface area contributed by atoms with Crippen molar-refractivity contribution in [2.45, 2.75) is 90.8 Å². The summed E-state index contributed by atoms with van der Waals surface area (Å²) in [5, 5.41) is 10.9. The molecule has 5 aromatic rings. The molecule has 454 valence electrons. The van der Waals surface area contributed by atoms with Crippen molar-refractivity contribution in [2.75, 3.05) is 112 Å². The molecule has 0 radical (unpaired) electrons. The summed E-state index contributed by atoms with van der Waals surface area (Å²) in [5.74, 6) is -0.159. The number of piperazine rings is 2. The molecule has 9 rings (SSSR count). The summed E-state index contributed by atoms with van der Waals surface area (Å²) in [5.41, 5.74) is 2.24. The molecule has 21 heteroatoms. The summed E-state index contributed by atoms with van der Waals surface area (Å²) in [7, 11) is 1.57. The number of amides is 6. The zero-order valence-corrected chi connectivity index (χ0v) is 49.9. The predicted octanol–water partition coefficient (Wildman–Crippen LogP) is 6.16. The average molecular weight is 1170 g/mol. The van der Waals surface area contributed by atoms with Gasteiger partial charge in [0.05, 0.1) is 43.4 Å². The largest absolute Gasteiger partial charge is 0.497 e. The zero-order valence-electron chi connectivity index (χ0n) is 49.9. The minimum Gasteiger partial charge on any atom is -0.497 e. The Bertz CT molecular complexity index is 3270. The number of rotatable bonds is 18.